The van der Waals surface area contributed by atoms with E-state index >= 15 is 0 Å². The Labute approximate surface area is 127 Å². The van der Waals surface area contributed by atoms with Gasteiger partial charge in [0.05, 0.1) is 10.6 Å². The number of benzene rings is 1. The SMILES string of the molecule is Cc1cc(C)c([N+](=O)[O-])cc1NC(=O)NCc1ccncc1. The van der Waals surface area contributed by atoms with Gasteiger partial charge < -0.3 is 10.6 Å². The second kappa shape index (κ2) is 6.66. The smallest absolute Gasteiger partial charge is 0.319 e. The standard InChI is InChI=1S/C15H16N4O3/c1-10-7-11(2)14(19(21)22)8-13(10)18-15(20)17-9-12-3-5-16-6-4-12/h3-8H,9H2,1-2H3,(H2,17,18,20). The Morgan fingerprint density at radius 2 is 1.91 bits per heavy atom. The van der Waals surface area contributed by atoms with E-state index in [9.17, 15) is 14.9 Å². The number of nitrogens with zero attached hydrogens (tertiary/aromatic N) is 2. The van der Waals surface area contributed by atoms with Gasteiger partial charge in [0.2, 0.25) is 0 Å². The van der Waals surface area contributed by atoms with E-state index in [1.165, 1.54) is 6.07 Å². The third-order valence-electron chi connectivity index (χ3n) is 3.19. The first-order valence-corrected chi connectivity index (χ1v) is 6.67. The number of rotatable bonds is 4. The van der Waals surface area contributed by atoms with Crippen molar-refractivity contribution in [2.75, 3.05) is 5.32 Å². The van der Waals surface area contributed by atoms with E-state index in [-0.39, 0.29) is 5.69 Å². The highest BCUT2D eigenvalue weighted by Crippen LogP contribution is 2.26. The molecule has 0 saturated carbocycles. The molecule has 2 aromatic rings. The fourth-order valence-corrected chi connectivity index (χ4v) is 2.02. The van der Waals surface area contributed by atoms with Gasteiger partial charge in [0, 0.05) is 30.6 Å². The highest BCUT2D eigenvalue weighted by molar-refractivity contribution is 5.90. The zero-order valence-electron chi connectivity index (χ0n) is 12.3. The van der Waals surface area contributed by atoms with Crippen molar-refractivity contribution in [3.05, 3.63) is 63.5 Å². The van der Waals surface area contributed by atoms with Gasteiger partial charge in [-0.3, -0.25) is 15.1 Å². The lowest BCUT2D eigenvalue weighted by Crippen LogP contribution is -2.28. The summed E-state index contributed by atoms with van der Waals surface area (Å²) in [7, 11) is 0. The number of carbonyl (C=O) groups excluding carboxylic acids is 1. The van der Waals surface area contributed by atoms with Crippen LogP contribution < -0.4 is 10.6 Å². The minimum atomic E-state index is -0.463. The van der Waals surface area contributed by atoms with Crippen LogP contribution in [-0.2, 0) is 6.54 Å². The highest BCUT2D eigenvalue weighted by atomic mass is 16.6. The Balaban J connectivity index is 2.05. The predicted molar refractivity (Wildman–Crippen MR) is 82.7 cm³/mol. The van der Waals surface area contributed by atoms with Crippen LogP contribution in [0, 0.1) is 24.0 Å². The summed E-state index contributed by atoms with van der Waals surface area (Å²) in [6.07, 6.45) is 3.28. The molecule has 22 heavy (non-hydrogen) atoms. The Morgan fingerprint density at radius 3 is 2.55 bits per heavy atom. The molecular weight excluding hydrogens is 284 g/mol. The number of aromatic nitrogens is 1. The van der Waals surface area contributed by atoms with Gasteiger partial charge in [-0.05, 0) is 43.2 Å². The van der Waals surface area contributed by atoms with Crippen molar-refractivity contribution in [1.82, 2.24) is 10.3 Å². The quantitative estimate of drug-likeness (QED) is 0.670. The van der Waals surface area contributed by atoms with Crippen molar-refractivity contribution in [2.24, 2.45) is 0 Å². The summed E-state index contributed by atoms with van der Waals surface area (Å²) in [6, 6.07) is 6.22. The maximum Gasteiger partial charge on any atom is 0.319 e. The van der Waals surface area contributed by atoms with Gasteiger partial charge in [0.25, 0.3) is 5.69 Å². The number of anilines is 1. The lowest BCUT2D eigenvalue weighted by Gasteiger charge is -2.11. The fourth-order valence-electron chi connectivity index (χ4n) is 2.02. The summed E-state index contributed by atoms with van der Waals surface area (Å²) < 4.78 is 0. The summed E-state index contributed by atoms with van der Waals surface area (Å²) >= 11 is 0. The van der Waals surface area contributed by atoms with Gasteiger partial charge in [-0.1, -0.05) is 0 Å². The molecule has 1 aromatic heterocycles. The molecule has 0 aliphatic carbocycles. The molecule has 2 N–H and O–H groups in total. The minimum Gasteiger partial charge on any atom is -0.334 e. The van der Waals surface area contributed by atoms with Crippen molar-refractivity contribution in [1.29, 1.82) is 0 Å². The van der Waals surface area contributed by atoms with Crippen LogP contribution in [0.15, 0.2) is 36.7 Å². The van der Waals surface area contributed by atoms with E-state index < -0.39 is 11.0 Å². The molecule has 7 nitrogen and oxygen atoms in total. The van der Waals surface area contributed by atoms with Gasteiger partial charge in [0.1, 0.15) is 0 Å². The third-order valence-corrected chi connectivity index (χ3v) is 3.19. The number of hydrogen-bond donors (Lipinski definition) is 2. The van der Waals surface area contributed by atoms with E-state index in [2.05, 4.69) is 15.6 Å². The Morgan fingerprint density at radius 1 is 1.23 bits per heavy atom. The molecule has 7 heteroatoms. The molecule has 114 valence electrons. The van der Waals surface area contributed by atoms with Crippen molar-refractivity contribution in [3.63, 3.8) is 0 Å². The molecule has 0 fully saturated rings. The number of nitrogens with one attached hydrogen (secondary N) is 2. The predicted octanol–water partition coefficient (Wildman–Crippen LogP) is 2.93. The van der Waals surface area contributed by atoms with Crippen LogP contribution >= 0.6 is 0 Å². The lowest BCUT2D eigenvalue weighted by molar-refractivity contribution is -0.385. The molecule has 0 spiro atoms. The van der Waals surface area contributed by atoms with E-state index in [1.54, 1.807) is 44.4 Å². The number of carbonyl (C=O) groups is 1. The lowest BCUT2D eigenvalue weighted by atomic mass is 10.1. The Kier molecular flexibility index (Phi) is 4.67. The molecule has 0 radical (unpaired) electrons. The third kappa shape index (κ3) is 3.78. The molecule has 0 aliphatic rings. The first kappa shape index (κ1) is 15.4. The minimum absolute atomic E-state index is 0.0185. The first-order valence-electron chi connectivity index (χ1n) is 6.67. The number of nitro groups is 1. The molecular formula is C15H16N4O3. The molecule has 0 atom stereocenters. The van der Waals surface area contributed by atoms with Crippen molar-refractivity contribution in [2.45, 2.75) is 20.4 Å². The van der Waals surface area contributed by atoms with Crippen LogP contribution in [0.1, 0.15) is 16.7 Å². The number of amides is 2. The van der Waals surface area contributed by atoms with Crippen LogP contribution in [0.25, 0.3) is 0 Å². The second-order valence-electron chi connectivity index (χ2n) is 4.87. The summed E-state index contributed by atoms with van der Waals surface area (Å²) in [4.78, 5) is 26.3. The summed E-state index contributed by atoms with van der Waals surface area (Å²) in [5, 5.41) is 16.3. The number of urea groups is 1. The molecule has 1 aromatic carbocycles. The van der Waals surface area contributed by atoms with Gasteiger partial charge in [0.15, 0.2) is 0 Å². The number of hydrogen-bond acceptors (Lipinski definition) is 4. The van der Waals surface area contributed by atoms with E-state index in [0.717, 1.165) is 11.1 Å². The maximum absolute atomic E-state index is 11.9. The van der Waals surface area contributed by atoms with Crippen molar-refractivity contribution < 1.29 is 9.72 Å². The van der Waals surface area contributed by atoms with Gasteiger partial charge >= 0.3 is 6.03 Å². The largest absolute Gasteiger partial charge is 0.334 e. The summed E-state index contributed by atoms with van der Waals surface area (Å²) in [5.41, 5.74) is 2.64. The normalized spacial score (nSPS) is 10.1. The molecule has 2 amide bonds. The molecule has 0 unspecified atom stereocenters. The van der Waals surface area contributed by atoms with Crippen LogP contribution in [0.4, 0.5) is 16.2 Å². The fraction of sp³-hybridized carbons (Fsp3) is 0.200. The molecule has 1 heterocycles. The van der Waals surface area contributed by atoms with Crippen LogP contribution in [0.5, 0.6) is 0 Å². The highest BCUT2D eigenvalue weighted by Gasteiger charge is 2.14. The van der Waals surface area contributed by atoms with Crippen LogP contribution in [0.3, 0.4) is 0 Å². The molecule has 0 aliphatic heterocycles. The first-order chi connectivity index (χ1) is 10.5. The second-order valence-corrected chi connectivity index (χ2v) is 4.87. The summed E-state index contributed by atoms with van der Waals surface area (Å²) in [5.74, 6) is 0. The number of pyridine rings is 1. The average molecular weight is 300 g/mol. The Bertz CT molecular complexity index is 701. The molecule has 0 bridgehead atoms. The zero-order valence-corrected chi connectivity index (χ0v) is 12.3. The van der Waals surface area contributed by atoms with Crippen molar-refractivity contribution >= 4 is 17.4 Å². The molecule has 0 saturated heterocycles. The van der Waals surface area contributed by atoms with E-state index in [1.807, 2.05) is 0 Å². The van der Waals surface area contributed by atoms with Crippen LogP contribution in [-0.4, -0.2) is 15.9 Å². The topological polar surface area (TPSA) is 97.2 Å². The van der Waals surface area contributed by atoms with Gasteiger partial charge in [-0.15, -0.1) is 0 Å². The monoisotopic (exact) mass is 300 g/mol. The van der Waals surface area contributed by atoms with Gasteiger partial charge in [-0.25, -0.2) is 4.79 Å². The Hall–Kier alpha value is -2.96. The van der Waals surface area contributed by atoms with Crippen LogP contribution in [0.2, 0.25) is 0 Å². The van der Waals surface area contributed by atoms with Crippen molar-refractivity contribution in [3.8, 4) is 0 Å². The number of nitro benzene ring substituents is 1. The average Bonchev–Trinajstić information content (AvgIpc) is 2.48. The summed E-state index contributed by atoms with van der Waals surface area (Å²) in [6.45, 7) is 3.80. The zero-order chi connectivity index (χ0) is 16.1. The van der Waals surface area contributed by atoms with E-state index in [0.29, 0.717) is 17.8 Å². The number of aryl methyl sites for hydroxylation is 2. The maximum atomic E-state index is 11.9. The van der Waals surface area contributed by atoms with E-state index in [4.69, 9.17) is 0 Å². The molecule has 2 rings (SSSR count). The van der Waals surface area contributed by atoms with Gasteiger partial charge in [-0.2, -0.15) is 0 Å².